The molecule has 79 heavy (non-hydrogen) atoms. The highest BCUT2D eigenvalue weighted by molar-refractivity contribution is 5.78. The van der Waals surface area contributed by atoms with Crippen LogP contribution in [0.25, 0.3) is 0 Å². The predicted molar refractivity (Wildman–Crippen MR) is 299 cm³/mol. The molecule has 5 atom stereocenters. The van der Waals surface area contributed by atoms with E-state index in [1.807, 2.05) is 0 Å². The van der Waals surface area contributed by atoms with Crippen molar-refractivity contribution in [2.45, 2.75) is 211 Å². The fraction of sp³-hybridized carbons (Fsp3) is 0.873. The van der Waals surface area contributed by atoms with Gasteiger partial charge in [0.2, 0.25) is 41.4 Å². The van der Waals surface area contributed by atoms with Crippen LogP contribution in [-0.2, 0) is 57.2 Å². The lowest BCUT2D eigenvalue weighted by Gasteiger charge is -2.42. The van der Waals surface area contributed by atoms with Gasteiger partial charge in [0.1, 0.15) is 29.9 Å². The minimum absolute atomic E-state index is 0.00158. The van der Waals surface area contributed by atoms with Crippen molar-refractivity contribution in [3.05, 3.63) is 0 Å². The fourth-order valence-electron chi connectivity index (χ4n) is 8.50. The smallest absolute Gasteiger partial charge is 0.222 e. The molecule has 0 radical (unpaired) electrons. The Labute approximate surface area is 470 Å². The summed E-state index contributed by atoms with van der Waals surface area (Å²) in [5, 5.41) is 50.0. The van der Waals surface area contributed by atoms with Gasteiger partial charge in [0.05, 0.1) is 46.2 Å². The molecular weight excluding hydrogens is 1030 g/mol. The van der Waals surface area contributed by atoms with E-state index in [4.69, 9.17) is 35.2 Å². The van der Waals surface area contributed by atoms with Gasteiger partial charge in [-0.3, -0.25) is 33.6 Å². The third-order valence-corrected chi connectivity index (χ3v) is 13.1. The van der Waals surface area contributed by atoms with Crippen LogP contribution in [0.4, 0.5) is 0 Å². The van der Waals surface area contributed by atoms with E-state index in [1.54, 1.807) is 0 Å². The maximum Gasteiger partial charge on any atom is 0.222 e. The third kappa shape index (κ3) is 39.0. The van der Waals surface area contributed by atoms with Crippen molar-refractivity contribution in [1.29, 1.82) is 0 Å². The number of rotatable bonds is 52. The van der Waals surface area contributed by atoms with E-state index in [1.165, 1.54) is 32.6 Å². The number of aliphatic hydroxyl groups excluding tert-OH is 3. The van der Waals surface area contributed by atoms with Crippen LogP contribution in [-0.4, -0.2) is 192 Å². The van der Waals surface area contributed by atoms with Gasteiger partial charge in [-0.05, 0) is 64.5 Å². The molecule has 3 unspecified atom stereocenters. The molecule has 24 heteroatoms. The molecule has 1 rings (SSSR count). The molecule has 1 saturated heterocycles. The number of hydrogen-bond acceptors (Lipinski definition) is 17. The maximum atomic E-state index is 13.6. The predicted octanol–water partition coefficient (Wildman–Crippen LogP) is 1.12. The zero-order valence-corrected chi connectivity index (χ0v) is 48.1. The number of nitrogens with one attached hydrogen (secondary N) is 7. The first-order valence-electron chi connectivity index (χ1n) is 29.5. The van der Waals surface area contributed by atoms with Gasteiger partial charge in [-0.2, -0.15) is 0 Å². The molecular formula is C55H105N9O15. The van der Waals surface area contributed by atoms with E-state index in [0.717, 1.165) is 64.3 Å². The molecule has 0 aromatic heterocycles. The molecule has 460 valence electrons. The van der Waals surface area contributed by atoms with Crippen molar-refractivity contribution in [2.24, 2.45) is 11.5 Å². The first-order valence-corrected chi connectivity index (χ1v) is 29.5. The normalized spacial score (nSPS) is 17.2. The first kappa shape index (κ1) is 72.9. The molecule has 14 N–H and O–H groups in total. The largest absolute Gasteiger partial charge is 0.394 e. The summed E-state index contributed by atoms with van der Waals surface area (Å²) in [6.45, 7) is 5.99. The summed E-state index contributed by atoms with van der Waals surface area (Å²) < 4.78 is 29.3. The summed E-state index contributed by atoms with van der Waals surface area (Å²) in [6, 6.07) is -1.05. The third-order valence-electron chi connectivity index (χ3n) is 13.1. The molecule has 24 nitrogen and oxygen atoms in total. The van der Waals surface area contributed by atoms with Gasteiger partial charge in [-0.25, -0.2) is 0 Å². The van der Waals surface area contributed by atoms with Gasteiger partial charge in [-0.15, -0.1) is 0 Å². The molecule has 1 heterocycles. The van der Waals surface area contributed by atoms with Crippen LogP contribution < -0.4 is 48.7 Å². The lowest BCUT2D eigenvalue weighted by atomic mass is 9.97. The Morgan fingerprint density at radius 3 is 1.32 bits per heavy atom. The van der Waals surface area contributed by atoms with Crippen LogP contribution >= 0.6 is 0 Å². The molecule has 0 aromatic rings. The molecule has 0 spiro atoms. The number of carbonyl (C=O) groups excluding carboxylic acids is 7. The summed E-state index contributed by atoms with van der Waals surface area (Å²) in [6.07, 6.45) is 13.5. The minimum Gasteiger partial charge on any atom is -0.394 e. The Morgan fingerprint density at radius 1 is 0.481 bits per heavy atom. The zero-order chi connectivity index (χ0) is 58.2. The summed E-state index contributed by atoms with van der Waals surface area (Å²) in [7, 11) is 0. The van der Waals surface area contributed by atoms with Crippen LogP contribution in [0.5, 0.6) is 0 Å². The van der Waals surface area contributed by atoms with Crippen molar-refractivity contribution in [3.8, 4) is 0 Å². The van der Waals surface area contributed by atoms with Gasteiger partial charge in [0, 0.05) is 84.8 Å². The van der Waals surface area contributed by atoms with E-state index in [9.17, 15) is 48.9 Å². The lowest BCUT2D eigenvalue weighted by molar-refractivity contribution is -0.270. The van der Waals surface area contributed by atoms with Crippen molar-refractivity contribution in [3.63, 3.8) is 0 Å². The maximum absolute atomic E-state index is 13.6. The topological polar surface area (TPSA) is 363 Å². The molecule has 1 fully saturated rings. The summed E-state index contributed by atoms with van der Waals surface area (Å²) in [5.41, 5.74) is 9.88. The van der Waals surface area contributed by atoms with Crippen LogP contribution in [0.15, 0.2) is 0 Å². The number of unbranched alkanes of at least 4 members (excludes halogenated alkanes) is 13. The van der Waals surface area contributed by atoms with Gasteiger partial charge in [-0.1, -0.05) is 77.6 Å². The number of carbonyl (C=O) groups is 7. The molecule has 0 saturated carbocycles. The van der Waals surface area contributed by atoms with Gasteiger partial charge in [0.25, 0.3) is 0 Å². The molecule has 7 amide bonds. The van der Waals surface area contributed by atoms with Crippen LogP contribution in [0.2, 0.25) is 0 Å². The zero-order valence-electron chi connectivity index (χ0n) is 48.1. The van der Waals surface area contributed by atoms with E-state index in [-0.39, 0.29) is 114 Å². The highest BCUT2D eigenvalue weighted by Gasteiger charge is 2.45. The first-order chi connectivity index (χ1) is 38.2. The standard InChI is InChI=1S/C55H105N9O15/c1-3-4-5-6-13-17-30-58-45(67)22-14-11-9-7-8-10-12-15-24-50(72)64-55(40-75-36-25-47(69)59-31-19-28-56,41-76-37-26-48(70)60-32-20-29-57)42-77-38-27-49(71)62-34-21-33-61-46(68)23-16-18-35-78-54-51(63-43(2)66)53(74)52(73)44(39-65)79-54/h44,51-54,65,73-74H,3-42,56-57H2,1-2H3,(H,58,67)(H,59,69)(H,60,70)(H,61,68)(H,62,71)(H,63,66)(H,64,72)/t44?,51?,52-,53?,54+/m0/s1. The summed E-state index contributed by atoms with van der Waals surface area (Å²) >= 11 is 0. The van der Waals surface area contributed by atoms with Crippen molar-refractivity contribution < 1.29 is 72.6 Å². The average molecular weight is 1130 g/mol. The fourth-order valence-corrected chi connectivity index (χ4v) is 8.50. The number of hydrogen-bond donors (Lipinski definition) is 12. The number of nitrogens with two attached hydrogens (primary N) is 2. The Balaban J connectivity index is 2.66. The van der Waals surface area contributed by atoms with E-state index in [0.29, 0.717) is 84.2 Å². The molecule has 1 aliphatic heterocycles. The highest BCUT2D eigenvalue weighted by atomic mass is 16.7. The molecule has 1 aliphatic rings. The van der Waals surface area contributed by atoms with E-state index < -0.39 is 48.7 Å². The van der Waals surface area contributed by atoms with E-state index >= 15 is 0 Å². The second kappa shape index (κ2) is 48.6. The van der Waals surface area contributed by atoms with Crippen LogP contribution in [0.1, 0.15) is 174 Å². The Kier molecular flexibility index (Phi) is 44.8. The molecule has 0 aromatic carbocycles. The van der Waals surface area contributed by atoms with Gasteiger partial charge >= 0.3 is 0 Å². The summed E-state index contributed by atoms with van der Waals surface area (Å²) in [5.74, 6) is -1.47. The van der Waals surface area contributed by atoms with Gasteiger partial charge in [0.15, 0.2) is 6.29 Å². The Hall–Kier alpha value is -4.11. The molecule has 0 aliphatic carbocycles. The Morgan fingerprint density at radius 2 is 0.873 bits per heavy atom. The van der Waals surface area contributed by atoms with E-state index in [2.05, 4.69) is 44.1 Å². The van der Waals surface area contributed by atoms with Crippen molar-refractivity contribution in [1.82, 2.24) is 37.2 Å². The number of amides is 7. The van der Waals surface area contributed by atoms with Crippen molar-refractivity contribution in [2.75, 3.05) is 98.7 Å². The average Bonchev–Trinajstić information content (AvgIpc) is 3.43. The second-order valence-electron chi connectivity index (χ2n) is 20.5. The highest BCUT2D eigenvalue weighted by Crippen LogP contribution is 2.23. The monoisotopic (exact) mass is 1130 g/mol. The van der Waals surface area contributed by atoms with Crippen molar-refractivity contribution >= 4 is 41.4 Å². The quantitative estimate of drug-likeness (QED) is 0.0380. The number of aliphatic hydroxyl groups is 3. The minimum atomic E-state index is -1.42. The summed E-state index contributed by atoms with van der Waals surface area (Å²) in [4.78, 5) is 87.5. The van der Waals surface area contributed by atoms with Crippen LogP contribution in [0, 0.1) is 0 Å². The van der Waals surface area contributed by atoms with Crippen LogP contribution in [0.3, 0.4) is 0 Å². The van der Waals surface area contributed by atoms with Gasteiger partial charge < -0.3 is 87.7 Å². The lowest BCUT2D eigenvalue weighted by Crippen LogP contribution is -2.64. The Bertz CT molecular complexity index is 1610. The second-order valence-corrected chi connectivity index (χ2v) is 20.5. The molecule has 0 bridgehead atoms. The SMILES string of the molecule is CCCCCCCCNC(=O)CCCCCCCCCCC(=O)NC(COCCC(=O)NCCCN)(COCCC(=O)NCCCN)COCCC(=O)NCCCNC(=O)CCCCO[C@@H]1OC(CO)[C@H](O)C(O)C1NC(C)=O. The number of ether oxygens (including phenoxy) is 5.